The van der Waals surface area contributed by atoms with Crippen molar-refractivity contribution in [3.05, 3.63) is 59.4 Å². The highest BCUT2D eigenvalue weighted by atomic mass is 35.5. The monoisotopic (exact) mass is 317 g/mol. The molecule has 0 aliphatic rings. The molecule has 6 heteroatoms. The van der Waals surface area contributed by atoms with Crippen molar-refractivity contribution in [3.8, 4) is 11.5 Å². The maximum atomic E-state index is 6.11. The Bertz CT molecular complexity index is 760. The molecule has 0 saturated heterocycles. The average molecular weight is 318 g/mol. The molecule has 3 aromatic rings. The molecular formula is C15H12ClN3OS. The molecule has 4 nitrogen and oxygen atoms in total. The first-order valence-electron chi connectivity index (χ1n) is 6.28. The number of halogens is 1. The number of para-hydroxylation sites is 1. The van der Waals surface area contributed by atoms with Crippen LogP contribution in [0.3, 0.4) is 0 Å². The summed E-state index contributed by atoms with van der Waals surface area (Å²) in [6, 6.07) is 15.1. The summed E-state index contributed by atoms with van der Waals surface area (Å²) in [4.78, 5) is 0.995. The molecule has 0 spiro atoms. The largest absolute Gasteiger partial charge is 0.420 e. The smallest absolute Gasteiger partial charge is 0.249 e. The van der Waals surface area contributed by atoms with E-state index < -0.39 is 0 Å². The molecule has 0 aliphatic heterocycles. The first kappa shape index (κ1) is 14.0. The van der Waals surface area contributed by atoms with E-state index in [2.05, 4.69) is 10.2 Å². The summed E-state index contributed by atoms with van der Waals surface area (Å²) in [5.74, 6) is 1.53. The molecule has 0 fully saturated rings. The Hall–Kier alpha value is -1.98. The fourth-order valence-corrected chi connectivity index (χ4v) is 2.83. The van der Waals surface area contributed by atoms with Gasteiger partial charge in [0.25, 0.3) is 0 Å². The number of anilines is 1. The zero-order valence-electron chi connectivity index (χ0n) is 11.0. The van der Waals surface area contributed by atoms with Crippen LogP contribution >= 0.6 is 23.4 Å². The van der Waals surface area contributed by atoms with E-state index in [-0.39, 0.29) is 0 Å². The highest BCUT2D eigenvalue weighted by Gasteiger charge is 2.12. The van der Waals surface area contributed by atoms with Gasteiger partial charge in [-0.2, -0.15) is 0 Å². The molecule has 0 unspecified atom stereocenters. The topological polar surface area (TPSA) is 64.9 Å². The summed E-state index contributed by atoms with van der Waals surface area (Å²) < 4.78 is 5.64. The lowest BCUT2D eigenvalue weighted by molar-refractivity contribution is 0.528. The van der Waals surface area contributed by atoms with Crippen LogP contribution in [0.5, 0.6) is 0 Å². The lowest BCUT2D eigenvalue weighted by Crippen LogP contribution is -1.88. The first-order valence-corrected chi connectivity index (χ1v) is 7.65. The van der Waals surface area contributed by atoms with Crippen LogP contribution in [0.4, 0.5) is 5.69 Å². The number of hydrogen-bond donors (Lipinski definition) is 1. The molecule has 2 aromatic carbocycles. The lowest BCUT2D eigenvalue weighted by atomic mass is 10.2. The molecule has 1 heterocycles. The summed E-state index contributed by atoms with van der Waals surface area (Å²) in [6.07, 6.45) is 0. The maximum absolute atomic E-state index is 6.11. The number of aromatic nitrogens is 2. The van der Waals surface area contributed by atoms with E-state index in [0.29, 0.717) is 22.6 Å². The third-order valence-electron chi connectivity index (χ3n) is 2.84. The number of benzene rings is 2. The molecule has 0 radical (unpaired) electrons. The second-order valence-corrected chi connectivity index (χ2v) is 5.73. The molecule has 1 aromatic heterocycles. The van der Waals surface area contributed by atoms with E-state index >= 15 is 0 Å². The molecule has 0 saturated carbocycles. The van der Waals surface area contributed by atoms with Crippen molar-refractivity contribution < 1.29 is 4.42 Å². The van der Waals surface area contributed by atoms with Gasteiger partial charge in [-0.3, -0.25) is 0 Å². The van der Waals surface area contributed by atoms with Crippen molar-refractivity contribution in [1.29, 1.82) is 0 Å². The summed E-state index contributed by atoms with van der Waals surface area (Å²) >= 11 is 7.67. The van der Waals surface area contributed by atoms with Crippen LogP contribution in [-0.2, 0) is 5.75 Å². The van der Waals surface area contributed by atoms with Gasteiger partial charge in [0, 0.05) is 10.6 Å². The normalized spacial score (nSPS) is 10.7. The number of nitrogen functional groups attached to an aromatic ring is 1. The van der Waals surface area contributed by atoms with Gasteiger partial charge in [-0.1, -0.05) is 35.9 Å². The number of nitrogens with two attached hydrogens (primary N) is 1. The van der Waals surface area contributed by atoms with Crippen molar-refractivity contribution in [2.24, 2.45) is 0 Å². The fraction of sp³-hybridized carbons (Fsp3) is 0.0667. The van der Waals surface area contributed by atoms with Crippen LogP contribution in [0.25, 0.3) is 11.5 Å². The van der Waals surface area contributed by atoms with E-state index in [4.69, 9.17) is 21.8 Å². The third-order valence-corrected chi connectivity index (χ3v) is 4.24. The Morgan fingerprint density at radius 1 is 1.05 bits per heavy atom. The SMILES string of the molecule is Nc1ccccc1SCc1nnc(-c2ccccc2Cl)o1. The molecule has 0 amide bonds. The number of nitrogens with zero attached hydrogens (tertiary/aromatic N) is 2. The van der Waals surface area contributed by atoms with Crippen LogP contribution < -0.4 is 5.73 Å². The van der Waals surface area contributed by atoms with Gasteiger partial charge in [0.05, 0.1) is 16.3 Å². The number of thioether (sulfide) groups is 1. The zero-order chi connectivity index (χ0) is 14.7. The molecule has 0 atom stereocenters. The highest BCUT2D eigenvalue weighted by Crippen LogP contribution is 2.30. The fourth-order valence-electron chi connectivity index (χ4n) is 1.81. The van der Waals surface area contributed by atoms with Crippen LogP contribution in [0.1, 0.15) is 5.89 Å². The van der Waals surface area contributed by atoms with Crippen LogP contribution in [0, 0.1) is 0 Å². The molecule has 21 heavy (non-hydrogen) atoms. The van der Waals surface area contributed by atoms with E-state index in [1.807, 2.05) is 42.5 Å². The Labute approximate surface area is 131 Å². The molecule has 0 aliphatic carbocycles. The summed E-state index contributed by atoms with van der Waals surface area (Å²) in [5, 5.41) is 8.67. The highest BCUT2D eigenvalue weighted by molar-refractivity contribution is 7.98. The molecule has 2 N–H and O–H groups in total. The van der Waals surface area contributed by atoms with Gasteiger partial charge in [0.15, 0.2) is 0 Å². The van der Waals surface area contributed by atoms with Gasteiger partial charge in [0.2, 0.25) is 11.8 Å². The minimum atomic E-state index is 0.428. The third kappa shape index (κ3) is 3.20. The van der Waals surface area contributed by atoms with E-state index in [1.165, 1.54) is 0 Å². The maximum Gasteiger partial charge on any atom is 0.249 e. The van der Waals surface area contributed by atoms with Crippen LogP contribution in [0.15, 0.2) is 57.8 Å². The Kier molecular flexibility index (Phi) is 4.13. The average Bonchev–Trinajstić information content (AvgIpc) is 2.96. The van der Waals surface area contributed by atoms with Gasteiger partial charge in [-0.25, -0.2) is 0 Å². The van der Waals surface area contributed by atoms with Crippen molar-refractivity contribution in [2.75, 3.05) is 5.73 Å². The Balaban J connectivity index is 1.74. The first-order chi connectivity index (χ1) is 10.2. The van der Waals surface area contributed by atoms with Crippen LogP contribution in [0.2, 0.25) is 5.02 Å². The Morgan fingerprint density at radius 3 is 2.62 bits per heavy atom. The zero-order valence-corrected chi connectivity index (χ0v) is 12.6. The van der Waals surface area contributed by atoms with Gasteiger partial charge in [-0.05, 0) is 24.3 Å². The minimum absolute atomic E-state index is 0.428. The quantitative estimate of drug-likeness (QED) is 0.575. The summed E-state index contributed by atoms with van der Waals surface area (Å²) in [5.41, 5.74) is 7.38. The van der Waals surface area contributed by atoms with Crippen molar-refractivity contribution >= 4 is 29.1 Å². The van der Waals surface area contributed by atoms with Crippen molar-refractivity contribution in [1.82, 2.24) is 10.2 Å². The molecule has 0 bridgehead atoms. The van der Waals surface area contributed by atoms with Gasteiger partial charge in [0.1, 0.15) is 0 Å². The molecular weight excluding hydrogens is 306 g/mol. The van der Waals surface area contributed by atoms with E-state index in [1.54, 1.807) is 17.8 Å². The van der Waals surface area contributed by atoms with Gasteiger partial charge < -0.3 is 10.2 Å². The predicted octanol–water partition coefficient (Wildman–Crippen LogP) is 4.26. The standard InChI is InChI=1S/C15H12ClN3OS/c16-11-6-2-1-5-10(11)15-19-18-14(20-15)9-21-13-8-4-3-7-12(13)17/h1-8H,9,17H2. The second kappa shape index (κ2) is 6.20. The lowest BCUT2D eigenvalue weighted by Gasteiger charge is -2.02. The molecule has 106 valence electrons. The minimum Gasteiger partial charge on any atom is -0.420 e. The number of rotatable bonds is 4. The van der Waals surface area contributed by atoms with Crippen molar-refractivity contribution in [3.63, 3.8) is 0 Å². The summed E-state index contributed by atoms with van der Waals surface area (Å²) in [7, 11) is 0. The summed E-state index contributed by atoms with van der Waals surface area (Å²) in [6.45, 7) is 0. The van der Waals surface area contributed by atoms with Crippen LogP contribution in [-0.4, -0.2) is 10.2 Å². The van der Waals surface area contributed by atoms with Crippen molar-refractivity contribution in [2.45, 2.75) is 10.6 Å². The Morgan fingerprint density at radius 2 is 1.81 bits per heavy atom. The molecule has 3 rings (SSSR count). The van der Waals surface area contributed by atoms with Gasteiger partial charge >= 0.3 is 0 Å². The van der Waals surface area contributed by atoms with E-state index in [9.17, 15) is 0 Å². The van der Waals surface area contributed by atoms with Gasteiger partial charge in [-0.15, -0.1) is 22.0 Å². The number of hydrogen-bond acceptors (Lipinski definition) is 5. The second-order valence-electron chi connectivity index (χ2n) is 4.31. The predicted molar refractivity (Wildman–Crippen MR) is 85.2 cm³/mol. The van der Waals surface area contributed by atoms with E-state index in [0.717, 1.165) is 16.1 Å².